The third kappa shape index (κ3) is 2.97. The van der Waals surface area contributed by atoms with Gasteiger partial charge in [-0.05, 0) is 35.9 Å². The number of carbonyl (C=O) groups excluding carboxylic acids is 2. The van der Waals surface area contributed by atoms with Gasteiger partial charge in [0.25, 0.3) is 5.91 Å². The van der Waals surface area contributed by atoms with Gasteiger partial charge in [0.05, 0.1) is 25.1 Å². The second-order valence-corrected chi connectivity index (χ2v) is 8.69. The third-order valence-corrected chi connectivity index (χ3v) is 7.09. The van der Waals surface area contributed by atoms with E-state index in [9.17, 15) is 18.4 Å². The molecule has 5 rings (SSSR count). The molecule has 2 aliphatic heterocycles. The lowest BCUT2D eigenvalue weighted by Crippen LogP contribution is -2.49. The summed E-state index contributed by atoms with van der Waals surface area (Å²) in [5.41, 5.74) is 2.33. The number of fused-ring (bicyclic) bond motifs is 2. The molecule has 32 heavy (non-hydrogen) atoms. The number of ether oxygens (including phenoxy) is 1. The lowest BCUT2D eigenvalue weighted by Gasteiger charge is -2.33. The van der Waals surface area contributed by atoms with Gasteiger partial charge in [0, 0.05) is 17.3 Å². The first-order valence-corrected chi connectivity index (χ1v) is 10.9. The first-order chi connectivity index (χ1) is 15.5. The van der Waals surface area contributed by atoms with Gasteiger partial charge < -0.3 is 9.64 Å². The van der Waals surface area contributed by atoms with Gasteiger partial charge in [0.15, 0.2) is 11.6 Å². The molecule has 1 spiro atoms. The van der Waals surface area contributed by atoms with Crippen LogP contribution in [0.3, 0.4) is 0 Å². The predicted molar refractivity (Wildman–Crippen MR) is 119 cm³/mol. The summed E-state index contributed by atoms with van der Waals surface area (Å²) in [4.78, 5) is 28.4. The van der Waals surface area contributed by atoms with Crippen LogP contribution in [0.25, 0.3) is 0 Å². The van der Waals surface area contributed by atoms with E-state index in [-0.39, 0.29) is 29.8 Å². The Balaban J connectivity index is 1.63. The number of nitrogens with zero attached hydrogens (tertiary/aromatic N) is 2. The minimum absolute atomic E-state index is 0.0477. The van der Waals surface area contributed by atoms with Crippen molar-refractivity contribution >= 4 is 35.0 Å². The van der Waals surface area contributed by atoms with Crippen LogP contribution in [0.15, 0.2) is 66.7 Å². The van der Waals surface area contributed by atoms with Gasteiger partial charge in [-0.2, -0.15) is 0 Å². The number of hydrogen-bond acceptors (Lipinski definition) is 4. The Hall–Kier alpha value is -3.39. The highest BCUT2D eigenvalue weighted by Gasteiger charge is 2.61. The van der Waals surface area contributed by atoms with Crippen molar-refractivity contribution in [2.24, 2.45) is 0 Å². The van der Waals surface area contributed by atoms with Gasteiger partial charge in [0.2, 0.25) is 10.8 Å². The summed E-state index contributed by atoms with van der Waals surface area (Å²) in [5, 5.41) is 0. The van der Waals surface area contributed by atoms with Crippen molar-refractivity contribution in [2.75, 3.05) is 22.7 Å². The summed E-state index contributed by atoms with van der Waals surface area (Å²) in [6.45, 7) is 0.273. The van der Waals surface area contributed by atoms with E-state index in [0.717, 1.165) is 17.7 Å². The molecular formula is C24H18F2N2O3S. The summed E-state index contributed by atoms with van der Waals surface area (Å²) in [6, 6.07) is 17.9. The highest BCUT2D eigenvalue weighted by atomic mass is 32.2. The zero-order chi connectivity index (χ0) is 22.5. The molecule has 1 atom stereocenters. The summed E-state index contributed by atoms with van der Waals surface area (Å²) >= 11 is 1.19. The fourth-order valence-electron chi connectivity index (χ4n) is 4.29. The van der Waals surface area contributed by atoms with Crippen molar-refractivity contribution in [2.45, 2.75) is 11.4 Å². The molecule has 3 aromatic rings. The molecule has 1 saturated heterocycles. The van der Waals surface area contributed by atoms with Crippen molar-refractivity contribution in [3.63, 3.8) is 0 Å². The Morgan fingerprint density at radius 1 is 1.00 bits per heavy atom. The molecule has 3 aromatic carbocycles. The fourth-order valence-corrected chi connectivity index (χ4v) is 5.65. The molecule has 2 amide bonds. The number of amides is 2. The molecule has 0 radical (unpaired) electrons. The fraction of sp³-hybridized carbons (Fsp3) is 0.167. The molecule has 1 fully saturated rings. The van der Waals surface area contributed by atoms with E-state index in [2.05, 4.69) is 0 Å². The Morgan fingerprint density at radius 3 is 2.59 bits per heavy atom. The lowest BCUT2D eigenvalue weighted by atomic mass is 10.0. The number of para-hydroxylation sites is 1. The van der Waals surface area contributed by atoms with Gasteiger partial charge in [0.1, 0.15) is 5.75 Å². The second kappa shape index (κ2) is 7.63. The Labute approximate surface area is 187 Å². The van der Waals surface area contributed by atoms with Crippen LogP contribution in [0, 0.1) is 11.6 Å². The van der Waals surface area contributed by atoms with E-state index in [0.29, 0.717) is 17.0 Å². The quantitative estimate of drug-likeness (QED) is 0.587. The monoisotopic (exact) mass is 452 g/mol. The highest BCUT2D eigenvalue weighted by Crippen LogP contribution is 2.56. The summed E-state index contributed by atoms with van der Waals surface area (Å²) in [7, 11) is 1.57. The van der Waals surface area contributed by atoms with Crippen molar-refractivity contribution in [3.05, 3.63) is 89.5 Å². The molecule has 2 aliphatic rings. The average molecular weight is 452 g/mol. The topological polar surface area (TPSA) is 49.9 Å². The number of halogens is 2. The van der Waals surface area contributed by atoms with Crippen molar-refractivity contribution in [1.82, 2.24) is 0 Å². The highest BCUT2D eigenvalue weighted by molar-refractivity contribution is 8.02. The Bertz CT molecular complexity index is 1250. The largest absolute Gasteiger partial charge is 0.497 e. The van der Waals surface area contributed by atoms with Crippen LogP contribution in [0.2, 0.25) is 0 Å². The molecule has 5 nitrogen and oxygen atoms in total. The average Bonchev–Trinajstić information content (AvgIpc) is 3.27. The number of methoxy groups -OCH3 is 1. The molecule has 162 valence electrons. The Kier molecular flexibility index (Phi) is 4.89. The predicted octanol–water partition coefficient (Wildman–Crippen LogP) is 4.45. The maximum absolute atomic E-state index is 14.0. The van der Waals surface area contributed by atoms with Crippen molar-refractivity contribution in [1.29, 1.82) is 0 Å². The van der Waals surface area contributed by atoms with Crippen LogP contribution < -0.4 is 14.5 Å². The Morgan fingerprint density at radius 2 is 1.81 bits per heavy atom. The molecule has 0 aliphatic carbocycles. The van der Waals surface area contributed by atoms with Crippen molar-refractivity contribution in [3.8, 4) is 5.75 Å². The zero-order valence-corrected chi connectivity index (χ0v) is 17.9. The maximum Gasteiger partial charge on any atom is 0.269 e. The van der Waals surface area contributed by atoms with Gasteiger partial charge in [-0.25, -0.2) is 8.78 Å². The van der Waals surface area contributed by atoms with E-state index in [1.54, 1.807) is 24.1 Å². The van der Waals surface area contributed by atoms with Crippen molar-refractivity contribution < 1.29 is 23.1 Å². The zero-order valence-electron chi connectivity index (χ0n) is 17.0. The smallest absolute Gasteiger partial charge is 0.269 e. The molecule has 8 heteroatoms. The van der Waals surface area contributed by atoms with E-state index in [4.69, 9.17) is 4.74 Å². The van der Waals surface area contributed by atoms with Gasteiger partial charge in [-0.15, -0.1) is 11.8 Å². The van der Waals surface area contributed by atoms with Crippen LogP contribution in [0.4, 0.5) is 20.2 Å². The van der Waals surface area contributed by atoms with Gasteiger partial charge >= 0.3 is 0 Å². The van der Waals surface area contributed by atoms with E-state index < -0.39 is 16.5 Å². The number of anilines is 2. The maximum atomic E-state index is 14.0. The van der Waals surface area contributed by atoms with Gasteiger partial charge in [-0.1, -0.05) is 30.3 Å². The molecule has 0 aromatic heterocycles. The van der Waals surface area contributed by atoms with Crippen LogP contribution >= 0.6 is 11.8 Å². The summed E-state index contributed by atoms with van der Waals surface area (Å²) < 4.78 is 32.9. The number of benzene rings is 3. The van der Waals surface area contributed by atoms with Crippen LogP contribution in [0.5, 0.6) is 5.75 Å². The van der Waals surface area contributed by atoms with E-state index >= 15 is 0 Å². The standard InChI is InChI=1S/C24H18F2N2O3S/c1-31-17-6-4-5-15(11-17)13-27-21-8-3-2-7-18(21)24(23(27)30)28(22(29)14-32-24)16-9-10-19(25)20(26)12-16/h2-12H,13-14H2,1H3. The van der Waals surface area contributed by atoms with Crippen LogP contribution in [0.1, 0.15) is 11.1 Å². The molecule has 0 N–H and O–H groups in total. The SMILES string of the molecule is COc1cccc(CN2C(=O)C3(SCC(=O)N3c3ccc(F)c(F)c3)c3ccccc32)c1. The minimum Gasteiger partial charge on any atom is -0.497 e. The molecule has 0 bridgehead atoms. The van der Waals surface area contributed by atoms with Gasteiger partial charge in [-0.3, -0.25) is 14.5 Å². The van der Waals surface area contributed by atoms with E-state index in [1.807, 2.05) is 36.4 Å². The molecule has 1 unspecified atom stereocenters. The summed E-state index contributed by atoms with van der Waals surface area (Å²) in [5.74, 6) is -2.01. The minimum atomic E-state index is -1.38. The molecular weight excluding hydrogens is 434 g/mol. The van der Waals surface area contributed by atoms with Crippen LogP contribution in [-0.2, 0) is 21.0 Å². The number of carbonyl (C=O) groups is 2. The number of hydrogen-bond donors (Lipinski definition) is 0. The van der Waals surface area contributed by atoms with E-state index in [1.165, 1.54) is 22.7 Å². The van der Waals surface area contributed by atoms with Crippen LogP contribution in [-0.4, -0.2) is 24.7 Å². The lowest BCUT2D eigenvalue weighted by molar-refractivity contribution is -0.123. The first kappa shape index (κ1) is 20.5. The molecule has 0 saturated carbocycles. The first-order valence-electron chi connectivity index (χ1n) is 9.92. The third-order valence-electron chi connectivity index (χ3n) is 5.70. The number of rotatable bonds is 4. The second-order valence-electron chi connectivity index (χ2n) is 7.52. The summed E-state index contributed by atoms with van der Waals surface area (Å²) in [6.07, 6.45) is 0. The number of thioether (sulfide) groups is 1. The normalized spacial score (nSPS) is 19.7. The molecule has 2 heterocycles.